The van der Waals surface area contributed by atoms with Crippen LogP contribution in [0.1, 0.15) is 38.1 Å². The summed E-state index contributed by atoms with van der Waals surface area (Å²) in [6.45, 7) is 12.6. The summed E-state index contributed by atoms with van der Waals surface area (Å²) in [7, 11) is 0. The molecular weight excluding hydrogens is 431 g/mol. The highest BCUT2D eigenvalue weighted by atomic mass is 35.5. The van der Waals surface area contributed by atoms with Crippen molar-refractivity contribution >= 4 is 41.7 Å². The lowest BCUT2D eigenvalue weighted by atomic mass is 10.1. The van der Waals surface area contributed by atoms with Crippen molar-refractivity contribution < 1.29 is 13.2 Å². The minimum atomic E-state index is -4.51. The number of halogens is 4. The summed E-state index contributed by atoms with van der Waals surface area (Å²) in [5.74, 6) is 1.25. The van der Waals surface area contributed by atoms with E-state index in [1.165, 1.54) is 6.07 Å². The summed E-state index contributed by atoms with van der Waals surface area (Å²) in [5, 5.41) is 9.31. The Hall–Kier alpha value is -2.59. The molecule has 1 aliphatic heterocycles. The van der Waals surface area contributed by atoms with E-state index in [0.717, 1.165) is 12.1 Å². The van der Waals surface area contributed by atoms with Crippen molar-refractivity contribution in [2.45, 2.75) is 45.5 Å². The third-order valence-electron chi connectivity index (χ3n) is 4.51. The van der Waals surface area contributed by atoms with Crippen LogP contribution in [0.5, 0.6) is 0 Å². The normalized spacial score (nSPS) is 15.5. The molecule has 3 N–H and O–H groups in total. The van der Waals surface area contributed by atoms with Crippen molar-refractivity contribution in [3.63, 3.8) is 0 Å². The summed E-state index contributed by atoms with van der Waals surface area (Å²) in [6.07, 6.45) is -4.51. The number of rotatable bonds is 4. The number of alkyl halides is 3. The quantitative estimate of drug-likeness (QED) is 0.456. The molecule has 0 spiro atoms. The van der Waals surface area contributed by atoms with Crippen LogP contribution in [-0.2, 0) is 6.18 Å². The lowest BCUT2D eigenvalue weighted by Crippen LogP contribution is -2.43. The maximum absolute atomic E-state index is 13.2. The number of aryl methyl sites for hydroxylation is 1. The summed E-state index contributed by atoms with van der Waals surface area (Å²) in [4.78, 5) is 13.1. The van der Waals surface area contributed by atoms with Crippen LogP contribution in [0.3, 0.4) is 0 Å². The number of aromatic nitrogens is 2. The van der Waals surface area contributed by atoms with E-state index in [0.29, 0.717) is 36.5 Å². The second-order valence-corrected chi connectivity index (χ2v) is 8.78. The van der Waals surface area contributed by atoms with Gasteiger partial charge in [0.2, 0.25) is 11.9 Å². The molecule has 0 saturated carbocycles. The van der Waals surface area contributed by atoms with Gasteiger partial charge in [-0.1, -0.05) is 11.6 Å². The molecule has 168 valence electrons. The summed E-state index contributed by atoms with van der Waals surface area (Å²) in [5.41, 5.74) is -0.339. The maximum Gasteiger partial charge on any atom is 0.416 e. The first-order chi connectivity index (χ1) is 14.4. The Kier molecular flexibility index (Phi) is 6.33. The number of hydrogen-bond acceptors (Lipinski definition) is 4. The number of imidazole rings is 1. The predicted octanol–water partition coefficient (Wildman–Crippen LogP) is 4.83. The summed E-state index contributed by atoms with van der Waals surface area (Å²) >= 11 is 5.92. The zero-order valence-corrected chi connectivity index (χ0v) is 18.5. The standard InChI is InChI=1S/C20H25ClF3N7/c1-11-16(29-17(25-5)30-19(2,3)4)31(15-9-26-10-15)18(27-11)28-14-7-12(20(22,23)24)6-13(21)8-14/h6-8,15,26H,5,9-10H2,1-4H3,(H,27,28)(H,29,30). The zero-order chi connectivity index (χ0) is 23.0. The van der Waals surface area contributed by atoms with Crippen molar-refractivity contribution in [3.05, 3.63) is 34.5 Å². The number of nitrogens with one attached hydrogen (secondary N) is 3. The molecular formula is C20H25ClF3N7. The molecule has 31 heavy (non-hydrogen) atoms. The van der Waals surface area contributed by atoms with Gasteiger partial charge in [0, 0.05) is 29.3 Å². The highest BCUT2D eigenvalue weighted by Crippen LogP contribution is 2.36. The topological polar surface area (TPSA) is 78.6 Å². The van der Waals surface area contributed by atoms with Crippen molar-refractivity contribution in [3.8, 4) is 0 Å². The first-order valence-electron chi connectivity index (χ1n) is 9.65. The average Bonchev–Trinajstić information content (AvgIpc) is 2.86. The highest BCUT2D eigenvalue weighted by molar-refractivity contribution is 6.31. The number of hydrogen-bond donors (Lipinski definition) is 3. The summed E-state index contributed by atoms with van der Waals surface area (Å²) in [6, 6.07) is 3.34. The fourth-order valence-electron chi connectivity index (χ4n) is 3.06. The molecule has 7 nitrogen and oxygen atoms in total. The molecule has 2 aromatic rings. The van der Waals surface area contributed by atoms with Gasteiger partial charge in [-0.2, -0.15) is 18.2 Å². The van der Waals surface area contributed by atoms with E-state index in [4.69, 9.17) is 11.6 Å². The molecule has 0 unspecified atom stereocenters. The first-order valence-corrected chi connectivity index (χ1v) is 10.0. The fourth-order valence-corrected chi connectivity index (χ4v) is 3.29. The van der Waals surface area contributed by atoms with Gasteiger partial charge in [0.1, 0.15) is 0 Å². The van der Waals surface area contributed by atoms with Crippen LogP contribution in [0, 0.1) is 6.92 Å². The molecule has 11 heteroatoms. The number of guanidine groups is 1. The smallest absolute Gasteiger partial charge is 0.350 e. The van der Waals surface area contributed by atoms with Gasteiger partial charge in [-0.15, -0.1) is 0 Å². The van der Waals surface area contributed by atoms with Gasteiger partial charge >= 0.3 is 6.18 Å². The Bertz CT molecular complexity index is 1000. The van der Waals surface area contributed by atoms with Crippen molar-refractivity contribution in [1.29, 1.82) is 0 Å². The van der Waals surface area contributed by atoms with E-state index >= 15 is 0 Å². The highest BCUT2D eigenvalue weighted by Gasteiger charge is 2.32. The van der Waals surface area contributed by atoms with E-state index < -0.39 is 11.7 Å². The Morgan fingerprint density at radius 2 is 1.94 bits per heavy atom. The van der Waals surface area contributed by atoms with Crippen LogP contribution in [0.4, 0.5) is 30.6 Å². The van der Waals surface area contributed by atoms with E-state index in [1.807, 2.05) is 25.3 Å². The maximum atomic E-state index is 13.2. The lowest BCUT2D eigenvalue weighted by Gasteiger charge is -2.31. The Morgan fingerprint density at radius 3 is 2.45 bits per heavy atom. The van der Waals surface area contributed by atoms with Gasteiger partial charge in [0.05, 0.1) is 17.3 Å². The molecule has 1 saturated heterocycles. The van der Waals surface area contributed by atoms with E-state index in [9.17, 15) is 13.2 Å². The SMILES string of the molecule is C=N/C(=N\c1c(C)nc(Nc2cc(Cl)cc(C(F)(F)F)c2)n1C1CNC1)NC(C)(C)C. The largest absolute Gasteiger partial charge is 0.416 e. The third kappa shape index (κ3) is 5.56. The van der Waals surface area contributed by atoms with Gasteiger partial charge in [-0.25, -0.2) is 9.98 Å². The van der Waals surface area contributed by atoms with Crippen LogP contribution in [0.15, 0.2) is 28.2 Å². The molecule has 0 radical (unpaired) electrons. The average molecular weight is 456 g/mol. The molecule has 0 atom stereocenters. The van der Waals surface area contributed by atoms with Gasteiger partial charge < -0.3 is 16.0 Å². The van der Waals surface area contributed by atoms with Crippen molar-refractivity contribution in [2.24, 2.45) is 9.98 Å². The number of aliphatic imine (C=N–C) groups is 2. The third-order valence-corrected chi connectivity index (χ3v) is 4.73. The number of benzene rings is 1. The number of nitrogens with zero attached hydrogens (tertiary/aromatic N) is 4. The van der Waals surface area contributed by atoms with Gasteiger partial charge in [-0.05, 0) is 52.6 Å². The molecule has 1 aromatic heterocycles. The molecule has 2 heterocycles. The van der Waals surface area contributed by atoms with E-state index in [1.54, 1.807) is 6.92 Å². The molecule has 1 fully saturated rings. The second kappa shape index (κ2) is 8.51. The predicted molar refractivity (Wildman–Crippen MR) is 118 cm³/mol. The molecule has 0 amide bonds. The second-order valence-electron chi connectivity index (χ2n) is 8.35. The molecule has 1 aliphatic rings. The molecule has 1 aromatic carbocycles. The number of anilines is 2. The summed E-state index contributed by atoms with van der Waals surface area (Å²) < 4.78 is 41.4. The monoisotopic (exact) mass is 455 g/mol. The Morgan fingerprint density at radius 1 is 1.26 bits per heavy atom. The first kappa shape index (κ1) is 23.1. The van der Waals surface area contributed by atoms with E-state index in [2.05, 4.69) is 37.6 Å². The van der Waals surface area contributed by atoms with Gasteiger partial charge in [0.15, 0.2) is 5.82 Å². The molecule has 3 rings (SSSR count). The van der Waals surface area contributed by atoms with E-state index in [-0.39, 0.29) is 22.3 Å². The molecule has 0 aliphatic carbocycles. The fraction of sp³-hybridized carbons (Fsp3) is 0.450. The Balaban J connectivity index is 2.04. The minimum absolute atomic E-state index is 0.0248. The van der Waals surface area contributed by atoms with Crippen LogP contribution in [-0.4, -0.2) is 40.9 Å². The van der Waals surface area contributed by atoms with Crippen LogP contribution in [0.25, 0.3) is 0 Å². The van der Waals surface area contributed by atoms with Crippen molar-refractivity contribution in [1.82, 2.24) is 20.2 Å². The zero-order valence-electron chi connectivity index (χ0n) is 17.7. The van der Waals surface area contributed by atoms with Crippen LogP contribution < -0.4 is 16.0 Å². The van der Waals surface area contributed by atoms with Crippen LogP contribution in [0.2, 0.25) is 5.02 Å². The van der Waals surface area contributed by atoms with Gasteiger partial charge in [0.25, 0.3) is 0 Å². The van der Waals surface area contributed by atoms with Crippen molar-refractivity contribution in [2.75, 3.05) is 18.4 Å². The lowest BCUT2D eigenvalue weighted by molar-refractivity contribution is -0.137. The Labute approximate surface area is 183 Å². The van der Waals surface area contributed by atoms with Gasteiger partial charge in [-0.3, -0.25) is 4.57 Å². The minimum Gasteiger partial charge on any atom is -0.350 e. The van der Waals surface area contributed by atoms with Crippen LogP contribution >= 0.6 is 11.6 Å². The molecule has 0 bridgehead atoms.